The molecule has 1 aromatic carbocycles. The van der Waals surface area contributed by atoms with Gasteiger partial charge in [-0.2, -0.15) is 0 Å². The van der Waals surface area contributed by atoms with Crippen molar-refractivity contribution < 1.29 is 4.79 Å². The van der Waals surface area contributed by atoms with E-state index in [9.17, 15) is 4.79 Å². The molecule has 27 heavy (non-hydrogen) atoms. The molecule has 148 valence electrons. The van der Waals surface area contributed by atoms with E-state index in [2.05, 4.69) is 46.7 Å². The smallest absolute Gasteiger partial charge is 0.225 e. The molecule has 6 heteroatoms. The average molecular weight is 389 g/mol. The van der Waals surface area contributed by atoms with Crippen LogP contribution in [0.4, 0.5) is 0 Å². The van der Waals surface area contributed by atoms with Crippen LogP contribution in [0.2, 0.25) is 0 Å². The number of carbonyl (C=O) groups is 1. The number of aliphatic imine (C=N–C) groups is 1. The molecule has 1 aliphatic heterocycles. The third-order valence-electron chi connectivity index (χ3n) is 5.26. The number of hydrogen-bond donors (Lipinski definition) is 2. The molecule has 1 unspecified atom stereocenters. The Morgan fingerprint density at radius 2 is 2.00 bits per heavy atom. The number of likely N-dealkylation sites (tertiary alicyclic amines) is 1. The van der Waals surface area contributed by atoms with E-state index in [0.29, 0.717) is 11.9 Å². The second-order valence-corrected chi connectivity index (χ2v) is 8.49. The van der Waals surface area contributed by atoms with Gasteiger partial charge in [-0.25, -0.2) is 0 Å². The first-order valence-electron chi connectivity index (χ1n) is 10.3. The van der Waals surface area contributed by atoms with E-state index in [0.717, 1.165) is 57.2 Å². The van der Waals surface area contributed by atoms with E-state index in [1.807, 2.05) is 17.8 Å². The first-order chi connectivity index (χ1) is 13.3. The van der Waals surface area contributed by atoms with Gasteiger partial charge in [-0.1, -0.05) is 31.0 Å². The third-order valence-corrected chi connectivity index (χ3v) is 6.25. The summed E-state index contributed by atoms with van der Waals surface area (Å²) in [5.41, 5.74) is 0. The van der Waals surface area contributed by atoms with Crippen LogP contribution in [0.25, 0.3) is 0 Å². The highest BCUT2D eigenvalue weighted by atomic mass is 32.2. The Kier molecular flexibility index (Phi) is 7.87. The fraction of sp³-hybridized carbons (Fsp3) is 0.619. The predicted molar refractivity (Wildman–Crippen MR) is 113 cm³/mol. The molecule has 2 fully saturated rings. The van der Waals surface area contributed by atoms with E-state index in [4.69, 9.17) is 4.99 Å². The molecule has 1 atom stereocenters. The van der Waals surface area contributed by atoms with Crippen LogP contribution in [-0.2, 0) is 4.79 Å². The van der Waals surface area contributed by atoms with E-state index < -0.39 is 0 Å². The van der Waals surface area contributed by atoms with Gasteiger partial charge in [-0.3, -0.25) is 9.79 Å². The maximum atomic E-state index is 12.6. The highest BCUT2D eigenvalue weighted by Gasteiger charge is 2.32. The van der Waals surface area contributed by atoms with Crippen molar-refractivity contribution in [2.45, 2.75) is 50.0 Å². The normalized spacial score (nSPS) is 20.9. The number of amides is 1. The molecule has 2 aliphatic rings. The van der Waals surface area contributed by atoms with Gasteiger partial charge >= 0.3 is 0 Å². The molecular weight excluding hydrogens is 356 g/mol. The molecule has 1 saturated carbocycles. The highest BCUT2D eigenvalue weighted by Crippen LogP contribution is 2.27. The predicted octanol–water partition coefficient (Wildman–Crippen LogP) is 3.12. The summed E-state index contributed by atoms with van der Waals surface area (Å²) in [6.45, 7) is 5.37. The maximum Gasteiger partial charge on any atom is 0.225 e. The fourth-order valence-electron chi connectivity index (χ4n) is 3.86. The Hall–Kier alpha value is -1.69. The third kappa shape index (κ3) is 6.16. The van der Waals surface area contributed by atoms with Gasteiger partial charge in [0.25, 0.3) is 0 Å². The van der Waals surface area contributed by atoms with Crippen molar-refractivity contribution in [1.82, 2.24) is 15.5 Å². The van der Waals surface area contributed by atoms with Gasteiger partial charge in [0.2, 0.25) is 5.91 Å². The second-order valence-electron chi connectivity index (χ2n) is 7.32. The Bertz CT molecular complexity index is 616. The van der Waals surface area contributed by atoms with Crippen LogP contribution in [0.5, 0.6) is 0 Å². The summed E-state index contributed by atoms with van der Waals surface area (Å²) >= 11 is 1.83. The number of guanidine groups is 1. The molecule has 0 spiro atoms. The molecule has 0 aromatic heterocycles. The molecule has 1 aromatic rings. The summed E-state index contributed by atoms with van der Waals surface area (Å²) in [5.74, 6) is 2.47. The van der Waals surface area contributed by atoms with E-state index >= 15 is 0 Å². The van der Waals surface area contributed by atoms with Gasteiger partial charge in [-0.15, -0.1) is 11.8 Å². The number of nitrogens with one attached hydrogen (secondary N) is 2. The van der Waals surface area contributed by atoms with Crippen LogP contribution >= 0.6 is 11.8 Å². The zero-order chi connectivity index (χ0) is 18.9. The zero-order valence-corrected chi connectivity index (χ0v) is 17.1. The molecule has 0 bridgehead atoms. The number of nitrogens with zero attached hydrogens (tertiary/aromatic N) is 2. The van der Waals surface area contributed by atoms with Crippen LogP contribution < -0.4 is 10.6 Å². The van der Waals surface area contributed by atoms with E-state index in [1.54, 1.807) is 0 Å². The molecule has 1 saturated heterocycles. The lowest BCUT2D eigenvalue weighted by molar-refractivity contribution is -0.134. The SMILES string of the molecule is CCNC(=NCCSc1ccccc1)NC1CCN(C(=O)C2CCCC2)C1. The van der Waals surface area contributed by atoms with Crippen molar-refractivity contribution in [2.75, 3.05) is 31.9 Å². The van der Waals surface area contributed by atoms with Crippen molar-refractivity contribution in [1.29, 1.82) is 0 Å². The van der Waals surface area contributed by atoms with Crippen molar-refractivity contribution in [2.24, 2.45) is 10.9 Å². The lowest BCUT2D eigenvalue weighted by atomic mass is 10.1. The van der Waals surface area contributed by atoms with Crippen LogP contribution in [-0.4, -0.2) is 54.7 Å². The molecule has 3 rings (SSSR count). The quantitative estimate of drug-likeness (QED) is 0.326. The molecule has 1 heterocycles. The van der Waals surface area contributed by atoms with Crippen LogP contribution in [0.15, 0.2) is 40.2 Å². The number of benzene rings is 1. The minimum Gasteiger partial charge on any atom is -0.357 e. The van der Waals surface area contributed by atoms with Crippen molar-refractivity contribution >= 4 is 23.6 Å². The molecule has 5 nitrogen and oxygen atoms in total. The fourth-order valence-corrected chi connectivity index (χ4v) is 4.63. The van der Waals surface area contributed by atoms with Gasteiger partial charge in [0.1, 0.15) is 0 Å². The number of thioether (sulfide) groups is 1. The van der Waals surface area contributed by atoms with Crippen LogP contribution in [0.3, 0.4) is 0 Å². The number of rotatable bonds is 7. The number of hydrogen-bond acceptors (Lipinski definition) is 3. The van der Waals surface area contributed by atoms with Crippen molar-refractivity contribution in [3.63, 3.8) is 0 Å². The van der Waals surface area contributed by atoms with Gasteiger partial charge < -0.3 is 15.5 Å². The standard InChI is InChI=1S/C21H32N4OS/c1-2-22-21(23-13-15-27-19-10-4-3-5-11-19)24-18-12-14-25(16-18)20(26)17-8-6-7-9-17/h3-5,10-11,17-18H,2,6-9,12-16H2,1H3,(H2,22,23,24). The average Bonchev–Trinajstić information content (AvgIpc) is 3.38. The Balaban J connectivity index is 1.43. The molecule has 1 aliphatic carbocycles. The Morgan fingerprint density at radius 1 is 1.22 bits per heavy atom. The van der Waals surface area contributed by atoms with Gasteiger partial charge in [0, 0.05) is 42.2 Å². The topological polar surface area (TPSA) is 56.7 Å². The summed E-state index contributed by atoms with van der Waals surface area (Å²) in [7, 11) is 0. The van der Waals surface area contributed by atoms with E-state index in [-0.39, 0.29) is 5.92 Å². The number of carbonyl (C=O) groups excluding carboxylic acids is 1. The first-order valence-corrected chi connectivity index (χ1v) is 11.3. The Morgan fingerprint density at radius 3 is 2.74 bits per heavy atom. The van der Waals surface area contributed by atoms with Gasteiger partial charge in [0.05, 0.1) is 6.54 Å². The molecule has 0 radical (unpaired) electrons. The molecule has 1 amide bonds. The van der Waals surface area contributed by atoms with Crippen molar-refractivity contribution in [3.8, 4) is 0 Å². The lowest BCUT2D eigenvalue weighted by Crippen LogP contribution is -2.45. The monoisotopic (exact) mass is 388 g/mol. The Labute approximate surface area is 167 Å². The van der Waals surface area contributed by atoms with Crippen LogP contribution in [0, 0.1) is 5.92 Å². The van der Waals surface area contributed by atoms with E-state index in [1.165, 1.54) is 17.7 Å². The lowest BCUT2D eigenvalue weighted by Gasteiger charge is -2.21. The first kappa shape index (κ1) is 20.1. The zero-order valence-electron chi connectivity index (χ0n) is 16.3. The van der Waals surface area contributed by atoms with Gasteiger partial charge in [-0.05, 0) is 38.3 Å². The van der Waals surface area contributed by atoms with Crippen molar-refractivity contribution in [3.05, 3.63) is 30.3 Å². The minimum atomic E-state index is 0.278. The molecule has 2 N–H and O–H groups in total. The summed E-state index contributed by atoms with van der Waals surface area (Å²) in [6.07, 6.45) is 5.59. The highest BCUT2D eigenvalue weighted by molar-refractivity contribution is 7.99. The summed E-state index contributed by atoms with van der Waals surface area (Å²) < 4.78 is 0. The second kappa shape index (κ2) is 10.6. The molecular formula is C21H32N4OS. The summed E-state index contributed by atoms with van der Waals surface area (Å²) in [6, 6.07) is 10.7. The van der Waals surface area contributed by atoms with Crippen LogP contribution in [0.1, 0.15) is 39.0 Å². The van der Waals surface area contributed by atoms with Gasteiger partial charge in [0.15, 0.2) is 5.96 Å². The minimum absolute atomic E-state index is 0.278. The largest absolute Gasteiger partial charge is 0.357 e. The summed E-state index contributed by atoms with van der Waals surface area (Å²) in [5, 5.41) is 6.86. The summed E-state index contributed by atoms with van der Waals surface area (Å²) in [4.78, 5) is 20.6. The maximum absolute atomic E-state index is 12.6.